The van der Waals surface area contributed by atoms with Gasteiger partial charge in [0.15, 0.2) is 5.57 Å². The molecule has 2 N–H and O–H groups in total. The fourth-order valence-electron chi connectivity index (χ4n) is 2.51. The molecular weight excluding hydrogens is 352 g/mol. The van der Waals surface area contributed by atoms with E-state index in [0.29, 0.717) is 0 Å². The number of hydrogen-bond acceptors (Lipinski definition) is 7. The van der Waals surface area contributed by atoms with E-state index in [1.807, 2.05) is 35.7 Å². The lowest BCUT2D eigenvalue weighted by molar-refractivity contribution is -0.222. The Kier molecular flexibility index (Phi) is 4.99. The molecule has 2 aromatic rings. The van der Waals surface area contributed by atoms with Crippen molar-refractivity contribution >= 4 is 34.7 Å². The van der Waals surface area contributed by atoms with Crippen LogP contribution in [0.4, 0.5) is 11.4 Å². The molecule has 3 rings (SSSR count). The number of esters is 2. The zero-order valence-electron chi connectivity index (χ0n) is 14.7. The highest BCUT2D eigenvalue weighted by molar-refractivity contribution is 7.10. The molecule has 6 nitrogen and oxygen atoms in total. The zero-order chi connectivity index (χ0) is 18.7. The van der Waals surface area contributed by atoms with Gasteiger partial charge < -0.3 is 20.1 Å². The molecule has 2 heterocycles. The van der Waals surface area contributed by atoms with Gasteiger partial charge in [0.1, 0.15) is 0 Å². The third kappa shape index (κ3) is 4.05. The first-order valence-electron chi connectivity index (χ1n) is 8.18. The Morgan fingerprint density at radius 1 is 1.04 bits per heavy atom. The van der Waals surface area contributed by atoms with E-state index in [9.17, 15) is 9.59 Å². The van der Waals surface area contributed by atoms with E-state index in [0.717, 1.165) is 11.4 Å². The maximum atomic E-state index is 12.0. The molecule has 0 bridgehead atoms. The molecule has 0 radical (unpaired) electrons. The Hall–Kier alpha value is -2.80. The van der Waals surface area contributed by atoms with Crippen LogP contribution in [0.3, 0.4) is 0 Å². The summed E-state index contributed by atoms with van der Waals surface area (Å²) >= 11 is 1.68. The Labute approximate surface area is 155 Å². The van der Waals surface area contributed by atoms with Crippen molar-refractivity contribution in [3.63, 3.8) is 0 Å². The van der Waals surface area contributed by atoms with Gasteiger partial charge >= 0.3 is 11.9 Å². The van der Waals surface area contributed by atoms with E-state index in [2.05, 4.69) is 23.6 Å². The number of nitrogens with one attached hydrogen (secondary N) is 2. The van der Waals surface area contributed by atoms with Gasteiger partial charge in [-0.2, -0.15) is 0 Å². The fraction of sp³-hybridized carbons (Fsp3) is 0.263. The molecule has 0 amide bonds. The second-order valence-corrected chi connectivity index (χ2v) is 7.29. The highest BCUT2D eigenvalue weighted by Gasteiger charge is 2.38. The van der Waals surface area contributed by atoms with Crippen LogP contribution < -0.4 is 10.6 Å². The molecule has 1 saturated heterocycles. The van der Waals surface area contributed by atoms with Crippen molar-refractivity contribution in [3.05, 3.63) is 58.4 Å². The van der Waals surface area contributed by atoms with Gasteiger partial charge in [-0.1, -0.05) is 18.2 Å². The minimum atomic E-state index is -1.25. The molecule has 1 atom stereocenters. The Morgan fingerprint density at radius 3 is 2.31 bits per heavy atom. The average Bonchev–Trinajstić information content (AvgIpc) is 3.09. The molecule has 1 aliphatic rings. The minimum Gasteiger partial charge on any atom is -0.419 e. The largest absolute Gasteiger partial charge is 0.419 e. The van der Waals surface area contributed by atoms with Crippen molar-refractivity contribution in [1.29, 1.82) is 0 Å². The van der Waals surface area contributed by atoms with E-state index in [1.165, 1.54) is 24.9 Å². The molecule has 1 fully saturated rings. The lowest BCUT2D eigenvalue weighted by Gasteiger charge is -2.29. The second kappa shape index (κ2) is 7.21. The number of thiophene rings is 1. The second-order valence-electron chi connectivity index (χ2n) is 6.31. The average molecular weight is 372 g/mol. The van der Waals surface area contributed by atoms with Gasteiger partial charge in [-0.25, -0.2) is 9.59 Å². The van der Waals surface area contributed by atoms with Gasteiger partial charge in [0, 0.05) is 24.9 Å². The number of benzene rings is 1. The summed E-state index contributed by atoms with van der Waals surface area (Å²) in [6.45, 7) is 5.09. The molecular formula is C19H20N2O4S. The third-order valence-corrected chi connectivity index (χ3v) is 4.81. The summed E-state index contributed by atoms with van der Waals surface area (Å²) in [5.41, 5.74) is 1.40. The van der Waals surface area contributed by atoms with E-state index in [-0.39, 0.29) is 11.6 Å². The van der Waals surface area contributed by atoms with Crippen LogP contribution in [0.2, 0.25) is 0 Å². The molecule has 0 spiro atoms. The first-order chi connectivity index (χ1) is 12.4. The lowest BCUT2D eigenvalue weighted by Crippen LogP contribution is -2.42. The van der Waals surface area contributed by atoms with Crippen molar-refractivity contribution in [2.45, 2.75) is 32.6 Å². The monoisotopic (exact) mass is 372 g/mol. The van der Waals surface area contributed by atoms with Crippen LogP contribution >= 0.6 is 11.3 Å². The van der Waals surface area contributed by atoms with Crippen LogP contribution in [0.25, 0.3) is 0 Å². The number of anilines is 2. The van der Waals surface area contributed by atoms with Crippen molar-refractivity contribution in [1.82, 2.24) is 0 Å². The molecule has 1 unspecified atom stereocenters. The lowest BCUT2D eigenvalue weighted by atomic mass is 10.2. The summed E-state index contributed by atoms with van der Waals surface area (Å²) in [4.78, 5) is 25.2. The van der Waals surface area contributed by atoms with Gasteiger partial charge in [0.2, 0.25) is 0 Å². The van der Waals surface area contributed by atoms with Gasteiger partial charge in [0.05, 0.1) is 17.4 Å². The van der Waals surface area contributed by atoms with E-state index < -0.39 is 17.7 Å². The highest BCUT2D eigenvalue weighted by Crippen LogP contribution is 2.29. The van der Waals surface area contributed by atoms with E-state index in [1.54, 1.807) is 11.3 Å². The van der Waals surface area contributed by atoms with Crippen LogP contribution in [-0.4, -0.2) is 17.7 Å². The minimum absolute atomic E-state index is 0.121. The summed E-state index contributed by atoms with van der Waals surface area (Å²) in [6, 6.07) is 11.7. The molecule has 0 aliphatic carbocycles. The Balaban J connectivity index is 1.76. The quantitative estimate of drug-likeness (QED) is 0.468. The number of carbonyl (C=O) groups is 2. The number of cyclic esters (lactones) is 2. The Bertz CT molecular complexity index is 821. The fourth-order valence-corrected chi connectivity index (χ4v) is 3.24. The summed E-state index contributed by atoms with van der Waals surface area (Å²) in [7, 11) is 0. The normalized spacial score (nSPS) is 17.1. The van der Waals surface area contributed by atoms with Gasteiger partial charge in [0.25, 0.3) is 5.79 Å². The third-order valence-electron chi connectivity index (χ3n) is 3.76. The van der Waals surface area contributed by atoms with Gasteiger partial charge in [-0.05, 0) is 30.5 Å². The molecule has 7 heteroatoms. The van der Waals surface area contributed by atoms with Crippen molar-refractivity contribution in [2.24, 2.45) is 0 Å². The SMILES string of the molecule is CC(Nc1ccccc1NC=C1C(=O)OC(C)(C)OC1=O)c1cccs1. The maximum absolute atomic E-state index is 12.0. The van der Waals surface area contributed by atoms with Gasteiger partial charge in [-0.3, -0.25) is 0 Å². The van der Waals surface area contributed by atoms with Crippen LogP contribution in [0.15, 0.2) is 53.6 Å². The summed E-state index contributed by atoms with van der Waals surface area (Å²) in [5, 5.41) is 8.45. The number of para-hydroxylation sites is 2. The predicted molar refractivity (Wildman–Crippen MR) is 101 cm³/mol. The molecule has 0 saturated carbocycles. The van der Waals surface area contributed by atoms with Crippen molar-refractivity contribution in [2.75, 3.05) is 10.6 Å². The number of ether oxygens (including phenoxy) is 2. The standard InChI is InChI=1S/C19H20N2O4S/c1-12(16-9-6-10-26-16)21-15-8-5-4-7-14(15)20-11-13-17(22)24-19(2,3)25-18(13)23/h4-12,20-21H,1-3H3. The zero-order valence-corrected chi connectivity index (χ0v) is 15.6. The van der Waals surface area contributed by atoms with E-state index >= 15 is 0 Å². The first kappa shape index (κ1) is 18.0. The predicted octanol–water partition coefficient (Wildman–Crippen LogP) is 4.05. The van der Waals surface area contributed by atoms with E-state index in [4.69, 9.17) is 9.47 Å². The molecule has 136 valence electrons. The van der Waals surface area contributed by atoms with Crippen LogP contribution in [0, 0.1) is 0 Å². The van der Waals surface area contributed by atoms with Crippen molar-refractivity contribution < 1.29 is 19.1 Å². The molecule has 1 aliphatic heterocycles. The molecule has 1 aromatic carbocycles. The summed E-state index contributed by atoms with van der Waals surface area (Å²) in [6.07, 6.45) is 1.32. The van der Waals surface area contributed by atoms with Crippen LogP contribution in [-0.2, 0) is 19.1 Å². The Morgan fingerprint density at radius 2 is 1.69 bits per heavy atom. The molecule has 1 aromatic heterocycles. The number of rotatable bonds is 5. The topological polar surface area (TPSA) is 76.7 Å². The van der Waals surface area contributed by atoms with Crippen LogP contribution in [0.5, 0.6) is 0 Å². The van der Waals surface area contributed by atoms with Crippen LogP contribution in [0.1, 0.15) is 31.7 Å². The smallest absolute Gasteiger partial charge is 0.350 e. The molecule has 26 heavy (non-hydrogen) atoms. The van der Waals surface area contributed by atoms with Crippen molar-refractivity contribution in [3.8, 4) is 0 Å². The number of hydrogen-bond donors (Lipinski definition) is 2. The van der Waals surface area contributed by atoms with Gasteiger partial charge in [-0.15, -0.1) is 11.3 Å². The number of carbonyl (C=O) groups excluding carboxylic acids is 2. The highest BCUT2D eigenvalue weighted by atomic mass is 32.1. The first-order valence-corrected chi connectivity index (χ1v) is 9.06. The maximum Gasteiger partial charge on any atom is 0.350 e. The summed E-state index contributed by atoms with van der Waals surface area (Å²) in [5.74, 6) is -2.67. The summed E-state index contributed by atoms with van der Waals surface area (Å²) < 4.78 is 10.2.